The molecule has 0 spiro atoms. The van der Waals surface area contributed by atoms with Crippen LogP contribution in [0.25, 0.3) is 0 Å². The number of halogens is 1. The standard InChI is InChI=1S/C19H22FN3O3/c1-12(17-14(20)4-3-5-16(17)25-2)22-19(24)23-15-8-11-26-18(15)13-6-9-21-10-7-13/h3-7,9-10,12,15,18H,8,11H2,1-2H3,(H2,22,23,24)/t12?,15-,18+/m1/s1. The van der Waals surface area contributed by atoms with Gasteiger partial charge in [-0.3, -0.25) is 4.98 Å². The van der Waals surface area contributed by atoms with Crippen LogP contribution in [0.1, 0.15) is 36.6 Å². The van der Waals surface area contributed by atoms with Crippen molar-refractivity contribution in [2.75, 3.05) is 13.7 Å². The summed E-state index contributed by atoms with van der Waals surface area (Å²) in [6.45, 7) is 2.28. The highest BCUT2D eigenvalue weighted by Gasteiger charge is 2.31. The lowest BCUT2D eigenvalue weighted by molar-refractivity contribution is 0.0997. The lowest BCUT2D eigenvalue weighted by Gasteiger charge is -2.23. The minimum atomic E-state index is -0.548. The second-order valence-corrected chi connectivity index (χ2v) is 6.16. The van der Waals surface area contributed by atoms with Crippen LogP contribution in [-0.4, -0.2) is 30.8 Å². The number of rotatable bonds is 5. The van der Waals surface area contributed by atoms with E-state index >= 15 is 0 Å². The number of carbonyl (C=O) groups excluding carboxylic acids is 1. The molecule has 7 heteroatoms. The first-order chi connectivity index (χ1) is 12.6. The number of amides is 2. The van der Waals surface area contributed by atoms with Gasteiger partial charge >= 0.3 is 6.03 Å². The maximum absolute atomic E-state index is 14.1. The van der Waals surface area contributed by atoms with Gasteiger partial charge in [-0.1, -0.05) is 6.07 Å². The first-order valence-electron chi connectivity index (χ1n) is 8.51. The quantitative estimate of drug-likeness (QED) is 0.860. The molecule has 2 amide bonds. The van der Waals surface area contributed by atoms with Crippen LogP contribution in [0.15, 0.2) is 42.7 Å². The summed E-state index contributed by atoms with van der Waals surface area (Å²) in [5.41, 5.74) is 1.28. The van der Waals surface area contributed by atoms with Crippen molar-refractivity contribution in [3.05, 3.63) is 59.7 Å². The topological polar surface area (TPSA) is 72.5 Å². The highest BCUT2D eigenvalue weighted by molar-refractivity contribution is 5.75. The zero-order chi connectivity index (χ0) is 18.5. The summed E-state index contributed by atoms with van der Waals surface area (Å²) in [7, 11) is 1.47. The summed E-state index contributed by atoms with van der Waals surface area (Å²) in [6, 6.07) is 7.24. The number of pyridine rings is 1. The van der Waals surface area contributed by atoms with Crippen molar-refractivity contribution in [1.29, 1.82) is 0 Å². The number of carbonyl (C=O) groups is 1. The predicted octanol–water partition coefficient (Wildman–Crippen LogP) is 3.12. The van der Waals surface area contributed by atoms with E-state index in [2.05, 4.69) is 15.6 Å². The number of hydrogen-bond donors (Lipinski definition) is 2. The molecule has 2 heterocycles. The van der Waals surface area contributed by atoms with Crippen molar-refractivity contribution in [2.24, 2.45) is 0 Å². The normalized spacial score (nSPS) is 20.4. The van der Waals surface area contributed by atoms with Crippen molar-refractivity contribution in [3.63, 3.8) is 0 Å². The molecule has 6 nitrogen and oxygen atoms in total. The Balaban J connectivity index is 1.65. The molecule has 3 rings (SSSR count). The molecule has 3 atom stereocenters. The van der Waals surface area contributed by atoms with Crippen LogP contribution >= 0.6 is 0 Å². The maximum atomic E-state index is 14.1. The lowest BCUT2D eigenvalue weighted by atomic mass is 10.0. The van der Waals surface area contributed by atoms with Gasteiger partial charge in [0.2, 0.25) is 0 Å². The largest absolute Gasteiger partial charge is 0.496 e. The van der Waals surface area contributed by atoms with E-state index in [1.165, 1.54) is 13.2 Å². The summed E-state index contributed by atoms with van der Waals surface area (Å²) in [6.07, 6.45) is 3.88. The zero-order valence-corrected chi connectivity index (χ0v) is 14.7. The number of aromatic nitrogens is 1. The minimum Gasteiger partial charge on any atom is -0.496 e. The van der Waals surface area contributed by atoms with E-state index in [9.17, 15) is 9.18 Å². The average molecular weight is 359 g/mol. The minimum absolute atomic E-state index is 0.160. The average Bonchev–Trinajstić information content (AvgIpc) is 3.09. The van der Waals surface area contributed by atoms with Crippen LogP contribution < -0.4 is 15.4 Å². The molecule has 2 N–H and O–H groups in total. The fourth-order valence-corrected chi connectivity index (χ4v) is 3.21. The Bertz CT molecular complexity index is 757. The molecular formula is C19H22FN3O3. The SMILES string of the molecule is COc1cccc(F)c1C(C)NC(=O)N[C@@H]1CCO[C@H]1c1ccncc1. The number of nitrogens with one attached hydrogen (secondary N) is 2. The smallest absolute Gasteiger partial charge is 0.315 e. The molecule has 1 fully saturated rings. The summed E-state index contributed by atoms with van der Waals surface area (Å²) < 4.78 is 25.1. The van der Waals surface area contributed by atoms with Crippen molar-refractivity contribution >= 4 is 6.03 Å². The first-order valence-corrected chi connectivity index (χ1v) is 8.51. The van der Waals surface area contributed by atoms with Crippen molar-refractivity contribution in [3.8, 4) is 5.75 Å². The van der Waals surface area contributed by atoms with Crippen LogP contribution in [0.2, 0.25) is 0 Å². The fraction of sp³-hybridized carbons (Fsp3) is 0.368. The molecule has 1 saturated heterocycles. The van der Waals surface area contributed by atoms with E-state index < -0.39 is 11.9 Å². The molecule has 138 valence electrons. The van der Waals surface area contributed by atoms with Gasteiger partial charge < -0.3 is 20.1 Å². The molecule has 1 unspecified atom stereocenters. The molecule has 26 heavy (non-hydrogen) atoms. The van der Waals surface area contributed by atoms with E-state index in [-0.39, 0.29) is 18.2 Å². The van der Waals surface area contributed by atoms with Crippen LogP contribution in [0.5, 0.6) is 5.75 Å². The highest BCUT2D eigenvalue weighted by Crippen LogP contribution is 2.30. The van der Waals surface area contributed by atoms with Gasteiger partial charge in [0.1, 0.15) is 17.7 Å². The number of benzene rings is 1. The summed E-state index contributed by atoms with van der Waals surface area (Å²) in [4.78, 5) is 16.4. The Labute approximate surface area is 151 Å². The third kappa shape index (κ3) is 3.94. The predicted molar refractivity (Wildman–Crippen MR) is 94.4 cm³/mol. The van der Waals surface area contributed by atoms with Crippen LogP contribution in [0.4, 0.5) is 9.18 Å². The van der Waals surface area contributed by atoms with Gasteiger partial charge in [-0.25, -0.2) is 9.18 Å². The van der Waals surface area contributed by atoms with Gasteiger partial charge in [-0.2, -0.15) is 0 Å². The van der Waals surface area contributed by atoms with Crippen molar-refractivity contribution < 1.29 is 18.7 Å². The van der Waals surface area contributed by atoms with Crippen LogP contribution in [0, 0.1) is 5.82 Å². The Hall–Kier alpha value is -2.67. The van der Waals surface area contributed by atoms with Gasteiger partial charge in [0, 0.05) is 19.0 Å². The molecule has 1 aromatic carbocycles. The molecule has 0 radical (unpaired) electrons. The van der Waals surface area contributed by atoms with Gasteiger partial charge in [0.15, 0.2) is 0 Å². The Morgan fingerprint density at radius 3 is 2.85 bits per heavy atom. The van der Waals surface area contributed by atoms with E-state index in [1.54, 1.807) is 31.5 Å². The third-order valence-corrected chi connectivity index (χ3v) is 4.46. The van der Waals surface area contributed by atoms with Crippen molar-refractivity contribution in [2.45, 2.75) is 31.5 Å². The maximum Gasteiger partial charge on any atom is 0.315 e. The first kappa shape index (κ1) is 18.1. The molecule has 1 aliphatic rings. The molecular weight excluding hydrogens is 337 g/mol. The fourth-order valence-electron chi connectivity index (χ4n) is 3.21. The molecule has 0 bridgehead atoms. The summed E-state index contributed by atoms with van der Waals surface area (Å²) in [5.74, 6) is -0.0207. The van der Waals surface area contributed by atoms with Gasteiger partial charge in [0.05, 0.1) is 24.8 Å². The molecule has 0 saturated carbocycles. The molecule has 1 aromatic heterocycles. The van der Waals surface area contributed by atoms with Crippen molar-refractivity contribution in [1.82, 2.24) is 15.6 Å². The second-order valence-electron chi connectivity index (χ2n) is 6.16. The highest BCUT2D eigenvalue weighted by atomic mass is 19.1. The van der Waals surface area contributed by atoms with Gasteiger partial charge in [0.25, 0.3) is 0 Å². The molecule has 2 aromatic rings. The number of ether oxygens (including phenoxy) is 2. The molecule has 1 aliphatic heterocycles. The Morgan fingerprint density at radius 2 is 2.12 bits per heavy atom. The molecule has 0 aliphatic carbocycles. The van der Waals surface area contributed by atoms with E-state index in [4.69, 9.17) is 9.47 Å². The lowest BCUT2D eigenvalue weighted by Crippen LogP contribution is -2.44. The second kappa shape index (κ2) is 8.14. The zero-order valence-electron chi connectivity index (χ0n) is 14.7. The van der Waals surface area contributed by atoms with E-state index in [0.717, 1.165) is 5.56 Å². The van der Waals surface area contributed by atoms with Gasteiger partial charge in [-0.05, 0) is 43.2 Å². The third-order valence-electron chi connectivity index (χ3n) is 4.46. The summed E-state index contributed by atoms with van der Waals surface area (Å²) >= 11 is 0. The number of methoxy groups -OCH3 is 1. The number of nitrogens with zero attached hydrogens (tertiary/aromatic N) is 1. The Kier molecular flexibility index (Phi) is 5.68. The Morgan fingerprint density at radius 1 is 1.35 bits per heavy atom. The van der Waals surface area contributed by atoms with Crippen LogP contribution in [-0.2, 0) is 4.74 Å². The van der Waals surface area contributed by atoms with E-state index in [1.807, 2.05) is 12.1 Å². The van der Waals surface area contributed by atoms with Crippen LogP contribution in [0.3, 0.4) is 0 Å². The van der Waals surface area contributed by atoms with E-state index in [0.29, 0.717) is 24.3 Å². The summed E-state index contributed by atoms with van der Waals surface area (Å²) in [5, 5.41) is 5.70. The monoisotopic (exact) mass is 359 g/mol. The van der Waals surface area contributed by atoms with Gasteiger partial charge in [-0.15, -0.1) is 0 Å². The number of urea groups is 1. The number of hydrogen-bond acceptors (Lipinski definition) is 4.